The van der Waals surface area contributed by atoms with Gasteiger partial charge in [-0.15, -0.1) is 0 Å². The third kappa shape index (κ3) is 3.14. The Labute approximate surface area is 128 Å². The zero-order valence-corrected chi connectivity index (χ0v) is 12.5. The molecule has 0 radical (unpaired) electrons. The van der Waals surface area contributed by atoms with Crippen molar-refractivity contribution in [2.45, 2.75) is 32.2 Å². The number of aryl methyl sites for hydroxylation is 1. The lowest BCUT2D eigenvalue weighted by atomic mass is 10.2. The molecule has 7 heteroatoms. The number of aliphatic carboxylic acids is 1. The van der Waals surface area contributed by atoms with Gasteiger partial charge in [0.05, 0.1) is 0 Å². The van der Waals surface area contributed by atoms with Gasteiger partial charge >= 0.3 is 5.97 Å². The molecular formula is C15H19N5O2. The van der Waals surface area contributed by atoms with Gasteiger partial charge in [-0.3, -0.25) is 9.69 Å². The number of nitrogens with one attached hydrogen (secondary N) is 1. The van der Waals surface area contributed by atoms with Crippen LogP contribution in [-0.4, -0.2) is 55.0 Å². The van der Waals surface area contributed by atoms with Crippen LogP contribution in [0.3, 0.4) is 0 Å². The molecule has 3 rings (SSSR count). The van der Waals surface area contributed by atoms with E-state index in [0.717, 1.165) is 30.8 Å². The maximum atomic E-state index is 11.2. The Morgan fingerprint density at radius 1 is 1.50 bits per heavy atom. The highest BCUT2D eigenvalue weighted by molar-refractivity contribution is 5.73. The fourth-order valence-electron chi connectivity index (χ4n) is 2.89. The molecule has 7 nitrogen and oxygen atoms in total. The van der Waals surface area contributed by atoms with Crippen LogP contribution in [0.2, 0.25) is 0 Å². The highest BCUT2D eigenvalue weighted by Gasteiger charge is 2.29. The summed E-state index contributed by atoms with van der Waals surface area (Å²) in [6, 6.07) is 1.59. The van der Waals surface area contributed by atoms with Crippen LogP contribution < -0.4 is 0 Å². The van der Waals surface area contributed by atoms with Crippen LogP contribution in [0.15, 0.2) is 18.5 Å². The average Bonchev–Trinajstić information content (AvgIpc) is 3.16. The van der Waals surface area contributed by atoms with Crippen molar-refractivity contribution in [3.8, 4) is 11.6 Å². The molecule has 0 spiro atoms. The van der Waals surface area contributed by atoms with E-state index in [1.54, 1.807) is 12.4 Å². The van der Waals surface area contributed by atoms with Crippen LogP contribution in [0, 0.1) is 6.92 Å². The molecule has 0 bridgehead atoms. The monoisotopic (exact) mass is 301 g/mol. The van der Waals surface area contributed by atoms with E-state index >= 15 is 0 Å². The van der Waals surface area contributed by atoms with Crippen molar-refractivity contribution < 1.29 is 9.90 Å². The Morgan fingerprint density at radius 2 is 2.36 bits per heavy atom. The first kappa shape index (κ1) is 14.6. The van der Waals surface area contributed by atoms with Gasteiger partial charge in [-0.25, -0.2) is 15.0 Å². The predicted octanol–water partition coefficient (Wildman–Crippen LogP) is 1.27. The van der Waals surface area contributed by atoms with E-state index in [0.29, 0.717) is 24.6 Å². The number of aromatic nitrogens is 4. The maximum Gasteiger partial charge on any atom is 0.320 e. The summed E-state index contributed by atoms with van der Waals surface area (Å²) >= 11 is 0. The molecule has 2 aromatic heterocycles. The second-order valence-electron chi connectivity index (χ2n) is 5.54. The van der Waals surface area contributed by atoms with E-state index in [1.165, 1.54) is 0 Å². The summed E-state index contributed by atoms with van der Waals surface area (Å²) in [7, 11) is 0. The van der Waals surface area contributed by atoms with Crippen molar-refractivity contribution in [1.82, 2.24) is 24.8 Å². The molecule has 0 amide bonds. The van der Waals surface area contributed by atoms with E-state index < -0.39 is 5.97 Å². The topological polar surface area (TPSA) is 95.0 Å². The summed E-state index contributed by atoms with van der Waals surface area (Å²) in [5.74, 6) is 0.499. The smallest absolute Gasteiger partial charge is 0.320 e. The molecule has 0 aliphatic carbocycles. The van der Waals surface area contributed by atoms with Crippen molar-refractivity contribution >= 4 is 5.97 Å². The summed E-state index contributed by atoms with van der Waals surface area (Å²) in [5, 5.41) is 9.21. The SMILES string of the molecule is Cc1cc(CCN2CCCC2C(=O)O)nc(-c2ncc[nH]2)n1. The average molecular weight is 301 g/mol. The fourth-order valence-corrected chi connectivity index (χ4v) is 2.89. The second-order valence-corrected chi connectivity index (χ2v) is 5.54. The number of carboxylic acid groups (broad SMARTS) is 1. The predicted molar refractivity (Wildman–Crippen MR) is 80.3 cm³/mol. The highest BCUT2D eigenvalue weighted by Crippen LogP contribution is 2.18. The number of carbonyl (C=O) groups is 1. The molecule has 22 heavy (non-hydrogen) atoms. The lowest BCUT2D eigenvalue weighted by Crippen LogP contribution is -2.37. The number of imidazole rings is 1. The van der Waals surface area contributed by atoms with Crippen molar-refractivity contribution in [1.29, 1.82) is 0 Å². The van der Waals surface area contributed by atoms with Gasteiger partial charge in [0.1, 0.15) is 6.04 Å². The number of rotatable bonds is 5. The number of hydrogen-bond acceptors (Lipinski definition) is 5. The van der Waals surface area contributed by atoms with Crippen molar-refractivity contribution in [2.24, 2.45) is 0 Å². The Bertz CT molecular complexity index is 656. The summed E-state index contributed by atoms with van der Waals surface area (Å²) in [4.78, 5) is 29.3. The highest BCUT2D eigenvalue weighted by atomic mass is 16.4. The summed E-state index contributed by atoms with van der Waals surface area (Å²) in [6.07, 6.45) is 5.79. The van der Waals surface area contributed by atoms with Gasteiger partial charge in [-0.1, -0.05) is 0 Å². The van der Waals surface area contributed by atoms with Gasteiger partial charge in [-0.05, 0) is 32.4 Å². The Kier molecular flexibility index (Phi) is 4.15. The van der Waals surface area contributed by atoms with Gasteiger partial charge in [0.2, 0.25) is 0 Å². The summed E-state index contributed by atoms with van der Waals surface area (Å²) in [5.41, 5.74) is 1.79. The molecule has 2 aromatic rings. The number of aromatic amines is 1. The first-order chi connectivity index (χ1) is 10.6. The number of likely N-dealkylation sites (tertiary alicyclic amines) is 1. The molecule has 1 unspecified atom stereocenters. The lowest BCUT2D eigenvalue weighted by molar-refractivity contribution is -0.142. The third-order valence-electron chi connectivity index (χ3n) is 3.92. The summed E-state index contributed by atoms with van der Waals surface area (Å²) in [6.45, 7) is 3.46. The minimum absolute atomic E-state index is 0.354. The molecule has 0 saturated carbocycles. The van der Waals surface area contributed by atoms with E-state index in [9.17, 15) is 9.90 Å². The minimum Gasteiger partial charge on any atom is -0.480 e. The van der Waals surface area contributed by atoms with E-state index in [-0.39, 0.29) is 6.04 Å². The Balaban J connectivity index is 1.71. The Morgan fingerprint density at radius 3 is 3.09 bits per heavy atom. The number of hydrogen-bond donors (Lipinski definition) is 2. The van der Waals surface area contributed by atoms with Gasteiger partial charge in [0, 0.05) is 36.7 Å². The number of carboxylic acids is 1. The van der Waals surface area contributed by atoms with Gasteiger partial charge in [-0.2, -0.15) is 0 Å². The zero-order valence-electron chi connectivity index (χ0n) is 12.5. The molecule has 1 saturated heterocycles. The molecular weight excluding hydrogens is 282 g/mol. The molecule has 1 fully saturated rings. The normalized spacial score (nSPS) is 18.7. The van der Waals surface area contributed by atoms with Crippen LogP contribution in [-0.2, 0) is 11.2 Å². The van der Waals surface area contributed by atoms with Crippen LogP contribution in [0.25, 0.3) is 11.6 Å². The molecule has 1 atom stereocenters. The van der Waals surface area contributed by atoms with Gasteiger partial charge in [0.25, 0.3) is 0 Å². The Hall–Kier alpha value is -2.28. The van der Waals surface area contributed by atoms with E-state index in [2.05, 4.69) is 19.9 Å². The van der Waals surface area contributed by atoms with Crippen molar-refractivity contribution in [3.63, 3.8) is 0 Å². The van der Waals surface area contributed by atoms with Crippen LogP contribution in [0.1, 0.15) is 24.2 Å². The first-order valence-corrected chi connectivity index (χ1v) is 7.44. The minimum atomic E-state index is -0.729. The standard InChI is InChI=1S/C15H19N5O2/c1-10-9-11(19-14(18-10)13-16-5-6-17-13)4-8-20-7-2-3-12(20)15(21)22/h5-6,9,12H,2-4,7-8H2,1H3,(H,16,17)(H,21,22). The van der Waals surface area contributed by atoms with Crippen LogP contribution in [0.5, 0.6) is 0 Å². The van der Waals surface area contributed by atoms with Crippen molar-refractivity contribution in [3.05, 3.63) is 29.8 Å². The molecule has 1 aliphatic rings. The van der Waals surface area contributed by atoms with Gasteiger partial charge in [0.15, 0.2) is 11.6 Å². The molecule has 0 aromatic carbocycles. The van der Waals surface area contributed by atoms with Crippen LogP contribution in [0.4, 0.5) is 0 Å². The maximum absolute atomic E-state index is 11.2. The molecule has 1 aliphatic heterocycles. The molecule has 3 heterocycles. The van der Waals surface area contributed by atoms with Crippen LogP contribution >= 0.6 is 0 Å². The quantitative estimate of drug-likeness (QED) is 0.863. The first-order valence-electron chi connectivity index (χ1n) is 7.44. The zero-order chi connectivity index (χ0) is 15.5. The van der Waals surface area contributed by atoms with Crippen molar-refractivity contribution in [2.75, 3.05) is 13.1 Å². The number of H-pyrrole nitrogens is 1. The lowest BCUT2D eigenvalue weighted by Gasteiger charge is -2.20. The van der Waals surface area contributed by atoms with E-state index in [4.69, 9.17) is 0 Å². The molecule has 116 valence electrons. The summed E-state index contributed by atoms with van der Waals surface area (Å²) < 4.78 is 0. The largest absolute Gasteiger partial charge is 0.480 e. The van der Waals surface area contributed by atoms with E-state index in [1.807, 2.05) is 17.9 Å². The fraction of sp³-hybridized carbons (Fsp3) is 0.467. The van der Waals surface area contributed by atoms with Gasteiger partial charge < -0.3 is 10.1 Å². The second kappa shape index (κ2) is 6.23. The molecule has 2 N–H and O–H groups in total. The third-order valence-corrected chi connectivity index (χ3v) is 3.92. The number of nitrogens with zero attached hydrogens (tertiary/aromatic N) is 4.